The molecule has 1 aromatic rings. The lowest BCUT2D eigenvalue weighted by atomic mass is 10.1. The second-order valence-electron chi connectivity index (χ2n) is 6.77. The zero-order valence-corrected chi connectivity index (χ0v) is 16.2. The molecule has 0 saturated carbocycles. The number of aromatic nitrogens is 1. The summed E-state index contributed by atoms with van der Waals surface area (Å²) in [5.74, 6) is 0.960. The summed E-state index contributed by atoms with van der Waals surface area (Å²) in [5.41, 5.74) is 0. The summed E-state index contributed by atoms with van der Waals surface area (Å²) >= 11 is 1.73. The van der Waals surface area contributed by atoms with Crippen LogP contribution < -0.4 is 5.32 Å². The number of aliphatic imine (C=N–C) groups is 1. The number of thiazole rings is 1. The lowest BCUT2D eigenvalue weighted by Crippen LogP contribution is -2.47. The number of likely N-dealkylation sites (tertiary alicyclic amines) is 1. The van der Waals surface area contributed by atoms with Gasteiger partial charge in [0.25, 0.3) is 0 Å². The Bertz CT molecular complexity index is 549. The first kappa shape index (κ1) is 18.6. The number of hydrogen-bond donors (Lipinski definition) is 1. The van der Waals surface area contributed by atoms with Gasteiger partial charge in [0.1, 0.15) is 5.01 Å². The third kappa shape index (κ3) is 5.66. The van der Waals surface area contributed by atoms with E-state index in [0.29, 0.717) is 12.2 Å². The molecule has 1 atom stereocenters. The molecule has 3 rings (SSSR count). The fourth-order valence-corrected chi connectivity index (χ4v) is 4.11. The second-order valence-corrected chi connectivity index (χ2v) is 8.09. The number of rotatable bonds is 5. The molecule has 6 nitrogen and oxygen atoms in total. The van der Waals surface area contributed by atoms with E-state index >= 15 is 0 Å². The third-order valence-electron chi connectivity index (χ3n) is 4.81. The van der Waals surface area contributed by atoms with Gasteiger partial charge in [-0.15, -0.1) is 11.3 Å². The first-order valence-corrected chi connectivity index (χ1v) is 10.2. The van der Waals surface area contributed by atoms with Gasteiger partial charge in [0, 0.05) is 37.8 Å². The monoisotopic (exact) mass is 366 g/mol. The summed E-state index contributed by atoms with van der Waals surface area (Å²) in [5, 5.41) is 4.53. The fourth-order valence-electron chi connectivity index (χ4n) is 3.39. The van der Waals surface area contributed by atoms with E-state index in [2.05, 4.69) is 27.1 Å². The van der Waals surface area contributed by atoms with E-state index in [1.165, 1.54) is 17.7 Å². The van der Waals surface area contributed by atoms with Gasteiger partial charge < -0.3 is 19.7 Å². The number of hydrogen-bond acceptors (Lipinski definition) is 5. The molecule has 0 spiro atoms. The Kier molecular flexibility index (Phi) is 7.07. The van der Waals surface area contributed by atoms with Crippen LogP contribution in [0.2, 0.25) is 0 Å². The second kappa shape index (κ2) is 9.50. The maximum absolute atomic E-state index is 6.10. The largest absolute Gasteiger partial charge is 0.376 e. The van der Waals surface area contributed by atoms with Crippen LogP contribution >= 0.6 is 11.3 Å². The molecular weight excluding hydrogens is 336 g/mol. The summed E-state index contributed by atoms with van der Waals surface area (Å²) in [6.45, 7) is 6.42. The minimum Gasteiger partial charge on any atom is -0.376 e. The molecule has 2 fully saturated rings. The van der Waals surface area contributed by atoms with E-state index in [1.807, 2.05) is 13.2 Å². The number of nitrogens with one attached hydrogen (secondary N) is 1. The summed E-state index contributed by atoms with van der Waals surface area (Å²) in [7, 11) is 1.85. The van der Waals surface area contributed by atoms with Crippen molar-refractivity contribution in [3.8, 4) is 0 Å². The van der Waals surface area contributed by atoms with Crippen molar-refractivity contribution < 1.29 is 9.47 Å². The summed E-state index contributed by atoms with van der Waals surface area (Å²) in [4.78, 5) is 12.4. The average molecular weight is 367 g/mol. The van der Waals surface area contributed by atoms with Gasteiger partial charge in [-0.3, -0.25) is 4.99 Å². The highest BCUT2D eigenvalue weighted by molar-refractivity contribution is 7.11. The molecule has 1 unspecified atom stereocenters. The van der Waals surface area contributed by atoms with Crippen molar-refractivity contribution in [2.75, 3.05) is 33.4 Å². The standard InChI is InChI=1S/C18H30N4O2S/c1-14-11-20-17(25-14)12-21-18(19-2)22-8-6-15(7-9-22)24-13-16-5-3-4-10-23-16/h11,15-16H,3-10,12-13H2,1-2H3,(H,19,21). The van der Waals surface area contributed by atoms with E-state index < -0.39 is 0 Å². The van der Waals surface area contributed by atoms with Crippen LogP contribution in [-0.4, -0.2) is 61.4 Å². The van der Waals surface area contributed by atoms with Crippen LogP contribution in [0.3, 0.4) is 0 Å². The van der Waals surface area contributed by atoms with Crippen molar-refractivity contribution in [2.24, 2.45) is 4.99 Å². The van der Waals surface area contributed by atoms with E-state index in [9.17, 15) is 0 Å². The van der Waals surface area contributed by atoms with Crippen molar-refractivity contribution in [2.45, 2.75) is 57.8 Å². The smallest absolute Gasteiger partial charge is 0.193 e. The number of ether oxygens (including phenoxy) is 2. The zero-order valence-electron chi connectivity index (χ0n) is 15.4. The van der Waals surface area contributed by atoms with E-state index in [1.54, 1.807) is 11.3 Å². The molecule has 0 bridgehead atoms. The Labute approximate surface area is 154 Å². The Morgan fingerprint density at radius 2 is 2.24 bits per heavy atom. The molecule has 0 radical (unpaired) electrons. The highest BCUT2D eigenvalue weighted by Gasteiger charge is 2.23. The van der Waals surface area contributed by atoms with Crippen LogP contribution in [0.15, 0.2) is 11.2 Å². The molecule has 140 valence electrons. The Morgan fingerprint density at radius 3 is 2.88 bits per heavy atom. The third-order valence-corrected chi connectivity index (χ3v) is 5.72. The van der Waals surface area contributed by atoms with Crippen LogP contribution in [-0.2, 0) is 16.0 Å². The van der Waals surface area contributed by atoms with Crippen LogP contribution in [0.25, 0.3) is 0 Å². The number of aryl methyl sites for hydroxylation is 1. The first-order valence-electron chi connectivity index (χ1n) is 9.34. The van der Waals surface area contributed by atoms with Gasteiger partial charge in [-0.05, 0) is 39.0 Å². The average Bonchev–Trinajstić information content (AvgIpc) is 3.07. The Morgan fingerprint density at radius 1 is 1.40 bits per heavy atom. The summed E-state index contributed by atoms with van der Waals surface area (Å²) in [6, 6.07) is 0. The predicted molar refractivity (Wildman–Crippen MR) is 101 cm³/mol. The van der Waals surface area contributed by atoms with Gasteiger partial charge in [-0.1, -0.05) is 0 Å². The van der Waals surface area contributed by atoms with Crippen molar-refractivity contribution in [1.29, 1.82) is 0 Å². The molecule has 2 aliphatic rings. The predicted octanol–water partition coefficient (Wildman–Crippen LogP) is 2.58. The lowest BCUT2D eigenvalue weighted by molar-refractivity contribution is -0.0721. The Hall–Kier alpha value is -1.18. The molecule has 25 heavy (non-hydrogen) atoms. The highest BCUT2D eigenvalue weighted by Crippen LogP contribution is 2.18. The van der Waals surface area contributed by atoms with Gasteiger partial charge in [-0.25, -0.2) is 4.98 Å². The van der Waals surface area contributed by atoms with Crippen LogP contribution in [0.1, 0.15) is 42.0 Å². The minimum absolute atomic E-state index is 0.308. The lowest BCUT2D eigenvalue weighted by Gasteiger charge is -2.35. The van der Waals surface area contributed by atoms with Gasteiger partial charge in [-0.2, -0.15) is 0 Å². The molecule has 2 saturated heterocycles. The maximum atomic E-state index is 6.10. The molecule has 0 amide bonds. The van der Waals surface area contributed by atoms with Gasteiger partial charge >= 0.3 is 0 Å². The molecule has 7 heteroatoms. The van der Waals surface area contributed by atoms with Crippen LogP contribution in [0, 0.1) is 6.92 Å². The first-order chi connectivity index (χ1) is 12.2. The van der Waals surface area contributed by atoms with Gasteiger partial charge in [0.15, 0.2) is 5.96 Å². The molecule has 1 aromatic heterocycles. The molecule has 0 aromatic carbocycles. The van der Waals surface area contributed by atoms with Gasteiger partial charge in [0.05, 0.1) is 25.4 Å². The van der Waals surface area contributed by atoms with Crippen molar-refractivity contribution in [3.05, 3.63) is 16.1 Å². The quantitative estimate of drug-likeness (QED) is 0.641. The SMILES string of the molecule is CN=C(NCc1ncc(C)s1)N1CCC(OCC2CCCCO2)CC1. The molecule has 0 aliphatic carbocycles. The van der Waals surface area contributed by atoms with Gasteiger partial charge in [0.2, 0.25) is 0 Å². The van der Waals surface area contributed by atoms with Crippen LogP contribution in [0.4, 0.5) is 0 Å². The number of piperidine rings is 1. The van der Waals surface area contributed by atoms with Crippen molar-refractivity contribution in [1.82, 2.24) is 15.2 Å². The number of guanidine groups is 1. The van der Waals surface area contributed by atoms with E-state index in [0.717, 1.165) is 63.1 Å². The molecule has 1 N–H and O–H groups in total. The van der Waals surface area contributed by atoms with Crippen LogP contribution in [0.5, 0.6) is 0 Å². The van der Waals surface area contributed by atoms with Crippen molar-refractivity contribution >= 4 is 17.3 Å². The summed E-state index contributed by atoms with van der Waals surface area (Å²) < 4.78 is 11.8. The zero-order chi connectivity index (χ0) is 17.5. The normalized spacial score (nSPS) is 23.0. The number of nitrogens with zero attached hydrogens (tertiary/aromatic N) is 3. The minimum atomic E-state index is 0.308. The van der Waals surface area contributed by atoms with Crippen molar-refractivity contribution in [3.63, 3.8) is 0 Å². The fraction of sp³-hybridized carbons (Fsp3) is 0.778. The molecular formula is C18H30N4O2S. The van der Waals surface area contributed by atoms with E-state index in [-0.39, 0.29) is 0 Å². The summed E-state index contributed by atoms with van der Waals surface area (Å²) in [6.07, 6.45) is 8.28. The van der Waals surface area contributed by atoms with E-state index in [4.69, 9.17) is 9.47 Å². The topological polar surface area (TPSA) is 59.0 Å². The Balaban J connectivity index is 1.37. The highest BCUT2D eigenvalue weighted by atomic mass is 32.1. The molecule has 2 aliphatic heterocycles. The maximum Gasteiger partial charge on any atom is 0.193 e. The molecule has 3 heterocycles.